The molecule has 0 saturated heterocycles. The predicted molar refractivity (Wildman–Crippen MR) is 30.5 cm³/mol. The fraction of sp³-hybridized carbons (Fsp3) is 0.500. The highest BCUT2D eigenvalue weighted by atomic mass is 16.4. The van der Waals surface area contributed by atoms with Gasteiger partial charge in [0.05, 0.1) is 0 Å². The number of hydrogen-bond acceptors (Lipinski definition) is 6. The van der Waals surface area contributed by atoms with Crippen molar-refractivity contribution >= 4 is 11.4 Å². The molecular formula is C4H6N2O4. The Balaban J connectivity index is 2.81. The van der Waals surface area contributed by atoms with Crippen LogP contribution in [0.2, 0.25) is 0 Å². The minimum absolute atomic E-state index is 0.199. The van der Waals surface area contributed by atoms with Crippen molar-refractivity contribution in [3.05, 3.63) is 0 Å². The minimum atomic E-state index is -1.24. The molecule has 1 rings (SSSR count). The first-order chi connectivity index (χ1) is 4.72. The third-order valence-electron chi connectivity index (χ3n) is 1.34. The minimum Gasteiger partial charge on any atom is -0.411 e. The highest BCUT2D eigenvalue weighted by Gasteiger charge is 2.43. The summed E-state index contributed by atoms with van der Waals surface area (Å²) < 4.78 is 0. The normalized spacial score (nSPS) is 40.2. The molecule has 1 aliphatic rings. The average Bonchev–Trinajstić information content (AvgIpc) is 1.97. The van der Waals surface area contributed by atoms with Crippen LogP contribution in [-0.2, 0) is 0 Å². The molecule has 0 bridgehead atoms. The van der Waals surface area contributed by atoms with E-state index in [-0.39, 0.29) is 11.4 Å². The summed E-state index contributed by atoms with van der Waals surface area (Å²) in [4.78, 5) is 0. The van der Waals surface area contributed by atoms with Crippen molar-refractivity contribution in [2.45, 2.75) is 12.2 Å². The maximum atomic E-state index is 8.75. The van der Waals surface area contributed by atoms with Crippen molar-refractivity contribution in [1.29, 1.82) is 0 Å². The van der Waals surface area contributed by atoms with E-state index in [1.54, 1.807) is 0 Å². The number of aliphatic hydroxyl groups excluding tert-OH is 2. The lowest BCUT2D eigenvalue weighted by molar-refractivity contribution is 0.0854. The molecule has 10 heavy (non-hydrogen) atoms. The van der Waals surface area contributed by atoms with Crippen molar-refractivity contribution in [3.63, 3.8) is 0 Å². The van der Waals surface area contributed by atoms with Gasteiger partial charge in [0.15, 0.2) is 0 Å². The molecule has 0 aromatic carbocycles. The molecule has 0 aliphatic heterocycles. The van der Waals surface area contributed by atoms with Crippen molar-refractivity contribution in [2.24, 2.45) is 10.3 Å². The Morgan fingerprint density at radius 3 is 1.40 bits per heavy atom. The third kappa shape index (κ3) is 0.662. The van der Waals surface area contributed by atoms with Gasteiger partial charge in [0.2, 0.25) is 0 Å². The molecule has 0 aromatic heterocycles. The van der Waals surface area contributed by atoms with Crippen LogP contribution in [0.4, 0.5) is 0 Å². The van der Waals surface area contributed by atoms with Crippen molar-refractivity contribution in [2.75, 3.05) is 0 Å². The number of oxime groups is 2. The van der Waals surface area contributed by atoms with Crippen LogP contribution in [0, 0.1) is 0 Å². The first-order valence-electron chi connectivity index (χ1n) is 2.52. The van der Waals surface area contributed by atoms with Gasteiger partial charge in [-0.15, -0.1) is 0 Å². The van der Waals surface area contributed by atoms with Gasteiger partial charge in [-0.05, 0) is 0 Å². The van der Waals surface area contributed by atoms with Crippen LogP contribution in [0.1, 0.15) is 0 Å². The van der Waals surface area contributed by atoms with Crippen LogP contribution in [0.3, 0.4) is 0 Å². The molecule has 1 aliphatic carbocycles. The van der Waals surface area contributed by atoms with E-state index in [2.05, 4.69) is 10.3 Å². The number of hydrogen-bond donors (Lipinski definition) is 4. The zero-order valence-corrected chi connectivity index (χ0v) is 4.84. The van der Waals surface area contributed by atoms with Crippen LogP contribution in [0.15, 0.2) is 10.3 Å². The highest BCUT2D eigenvalue weighted by molar-refractivity contribution is 6.52. The Labute approximate surface area is 55.7 Å². The lowest BCUT2D eigenvalue weighted by atomic mass is 9.87. The summed E-state index contributed by atoms with van der Waals surface area (Å²) in [6.07, 6.45) is -2.48. The largest absolute Gasteiger partial charge is 0.411 e. The summed E-state index contributed by atoms with van der Waals surface area (Å²) in [5.74, 6) is 0. The van der Waals surface area contributed by atoms with Gasteiger partial charge in [-0.25, -0.2) is 0 Å². The summed E-state index contributed by atoms with van der Waals surface area (Å²) in [6, 6.07) is 0. The quantitative estimate of drug-likeness (QED) is 0.243. The zero-order chi connectivity index (χ0) is 7.72. The lowest BCUT2D eigenvalue weighted by Crippen LogP contribution is -2.57. The van der Waals surface area contributed by atoms with Crippen molar-refractivity contribution in [1.82, 2.24) is 0 Å². The molecule has 6 nitrogen and oxygen atoms in total. The van der Waals surface area contributed by atoms with Gasteiger partial charge in [-0.1, -0.05) is 10.3 Å². The van der Waals surface area contributed by atoms with E-state index in [1.165, 1.54) is 0 Å². The van der Waals surface area contributed by atoms with Crippen LogP contribution in [0.5, 0.6) is 0 Å². The Morgan fingerprint density at radius 1 is 0.900 bits per heavy atom. The molecule has 1 saturated carbocycles. The SMILES string of the molecule is O/N=C1/C(=N/O)C(O)C1O. The van der Waals surface area contributed by atoms with Crippen molar-refractivity contribution < 1.29 is 20.6 Å². The molecule has 6 heteroatoms. The van der Waals surface area contributed by atoms with E-state index >= 15 is 0 Å². The van der Waals surface area contributed by atoms with E-state index < -0.39 is 12.2 Å². The van der Waals surface area contributed by atoms with E-state index in [1.807, 2.05) is 0 Å². The fourth-order valence-corrected chi connectivity index (χ4v) is 0.727. The summed E-state index contributed by atoms with van der Waals surface area (Å²) in [5, 5.41) is 38.9. The van der Waals surface area contributed by atoms with Gasteiger partial charge >= 0.3 is 0 Å². The van der Waals surface area contributed by atoms with Crippen LogP contribution >= 0.6 is 0 Å². The van der Waals surface area contributed by atoms with Crippen LogP contribution in [-0.4, -0.2) is 44.3 Å². The monoisotopic (exact) mass is 146 g/mol. The van der Waals surface area contributed by atoms with E-state index in [0.29, 0.717) is 0 Å². The van der Waals surface area contributed by atoms with Gasteiger partial charge in [0.1, 0.15) is 23.6 Å². The molecule has 0 amide bonds. The summed E-state index contributed by atoms with van der Waals surface area (Å²) in [6.45, 7) is 0. The summed E-state index contributed by atoms with van der Waals surface area (Å²) in [5.41, 5.74) is -0.398. The highest BCUT2D eigenvalue weighted by Crippen LogP contribution is 2.14. The molecule has 0 aromatic rings. The Kier molecular flexibility index (Phi) is 1.56. The summed E-state index contributed by atoms with van der Waals surface area (Å²) in [7, 11) is 0. The maximum Gasteiger partial charge on any atom is 0.139 e. The second-order valence-electron chi connectivity index (χ2n) is 1.86. The Hall–Kier alpha value is -1.14. The second kappa shape index (κ2) is 2.24. The van der Waals surface area contributed by atoms with Crippen LogP contribution in [0.25, 0.3) is 0 Å². The standard InChI is InChI=1S/C4H6N2O4/c7-3-1(5-9)2(6-10)4(3)8/h3-4,7-10H/b5-1-,6-2-. The topological polar surface area (TPSA) is 106 Å². The lowest BCUT2D eigenvalue weighted by Gasteiger charge is -2.28. The molecular weight excluding hydrogens is 140 g/mol. The summed E-state index contributed by atoms with van der Waals surface area (Å²) >= 11 is 0. The maximum absolute atomic E-state index is 8.75. The molecule has 4 N–H and O–H groups in total. The zero-order valence-electron chi connectivity index (χ0n) is 4.84. The van der Waals surface area contributed by atoms with Gasteiger partial charge in [0, 0.05) is 0 Å². The first-order valence-corrected chi connectivity index (χ1v) is 2.52. The van der Waals surface area contributed by atoms with Gasteiger partial charge in [-0.2, -0.15) is 0 Å². The second-order valence-corrected chi connectivity index (χ2v) is 1.86. The molecule has 56 valence electrons. The molecule has 2 unspecified atom stereocenters. The number of aliphatic hydroxyl groups is 2. The third-order valence-corrected chi connectivity index (χ3v) is 1.34. The number of nitrogens with zero attached hydrogens (tertiary/aromatic N) is 2. The van der Waals surface area contributed by atoms with Crippen molar-refractivity contribution in [3.8, 4) is 0 Å². The average molecular weight is 146 g/mol. The Bertz CT molecular complexity index is 177. The molecule has 1 fully saturated rings. The smallest absolute Gasteiger partial charge is 0.139 e. The van der Waals surface area contributed by atoms with E-state index in [9.17, 15) is 0 Å². The number of rotatable bonds is 0. The van der Waals surface area contributed by atoms with Crippen LogP contribution < -0.4 is 0 Å². The molecule has 0 radical (unpaired) electrons. The Morgan fingerprint density at radius 2 is 1.20 bits per heavy atom. The van der Waals surface area contributed by atoms with E-state index in [0.717, 1.165) is 0 Å². The van der Waals surface area contributed by atoms with Gasteiger partial charge in [0.25, 0.3) is 0 Å². The first kappa shape index (κ1) is 6.97. The fourth-order valence-electron chi connectivity index (χ4n) is 0.727. The molecule has 2 atom stereocenters. The van der Waals surface area contributed by atoms with Gasteiger partial charge < -0.3 is 20.6 Å². The molecule has 0 heterocycles. The molecule has 0 spiro atoms. The van der Waals surface area contributed by atoms with Gasteiger partial charge in [-0.3, -0.25) is 0 Å². The van der Waals surface area contributed by atoms with E-state index in [4.69, 9.17) is 20.6 Å². The predicted octanol–water partition coefficient (Wildman–Crippen LogP) is -1.62.